The highest BCUT2D eigenvalue weighted by atomic mass is 32.2. The van der Waals surface area contributed by atoms with Gasteiger partial charge in [0.05, 0.1) is 16.3 Å². The Bertz CT molecular complexity index is 1390. The Labute approximate surface area is 211 Å². The van der Waals surface area contributed by atoms with Crippen LogP contribution < -0.4 is 10.4 Å². The number of carbonyl (C=O) groups is 1. The second-order valence-corrected chi connectivity index (χ2v) is 12.4. The zero-order valence-corrected chi connectivity index (χ0v) is 21.5. The first-order valence-electron chi connectivity index (χ1n) is 12.1. The molecule has 2 heterocycles. The van der Waals surface area contributed by atoms with Gasteiger partial charge in [-0.3, -0.25) is 5.01 Å². The summed E-state index contributed by atoms with van der Waals surface area (Å²) < 4.78 is 42.0. The van der Waals surface area contributed by atoms with Crippen molar-refractivity contribution in [3.8, 4) is 0 Å². The molecule has 0 aromatic heterocycles. The number of benzene rings is 2. The molecule has 0 bridgehead atoms. The topological polar surface area (TPSA) is 69.7 Å². The van der Waals surface area contributed by atoms with Crippen LogP contribution in [-0.2, 0) is 20.2 Å². The van der Waals surface area contributed by atoms with Gasteiger partial charge in [-0.25, -0.2) is 12.8 Å². The van der Waals surface area contributed by atoms with Crippen LogP contribution in [0.1, 0.15) is 39.2 Å². The van der Waals surface area contributed by atoms with E-state index in [0.29, 0.717) is 13.0 Å². The van der Waals surface area contributed by atoms with E-state index < -0.39 is 10.0 Å². The van der Waals surface area contributed by atoms with Gasteiger partial charge in [-0.05, 0) is 71.0 Å². The summed E-state index contributed by atoms with van der Waals surface area (Å²) in [4.78, 5) is 11.9. The van der Waals surface area contributed by atoms with Crippen molar-refractivity contribution >= 4 is 22.0 Å². The van der Waals surface area contributed by atoms with Crippen LogP contribution in [0.3, 0.4) is 0 Å². The van der Waals surface area contributed by atoms with Crippen LogP contribution in [0.2, 0.25) is 0 Å². The second kappa shape index (κ2) is 9.01. The van der Waals surface area contributed by atoms with Gasteiger partial charge in [0.2, 0.25) is 10.0 Å². The molecule has 0 spiro atoms. The van der Waals surface area contributed by atoms with Gasteiger partial charge in [0, 0.05) is 37.2 Å². The quantitative estimate of drug-likeness (QED) is 0.588. The molecule has 2 aromatic rings. The fraction of sp³-hybridized carbons (Fsp3) is 0.321. The summed E-state index contributed by atoms with van der Waals surface area (Å²) in [6.07, 6.45) is 5.62. The first kappa shape index (κ1) is 24.5. The van der Waals surface area contributed by atoms with Gasteiger partial charge in [-0.15, -0.1) is 0 Å². The van der Waals surface area contributed by atoms with E-state index in [4.69, 9.17) is 0 Å². The number of hydrazine groups is 1. The van der Waals surface area contributed by atoms with Crippen molar-refractivity contribution in [3.05, 3.63) is 94.6 Å². The van der Waals surface area contributed by atoms with Crippen LogP contribution in [0.5, 0.6) is 0 Å². The molecule has 0 amide bonds. The summed E-state index contributed by atoms with van der Waals surface area (Å²) in [5.41, 5.74) is 8.86. The number of anilines is 1. The summed E-state index contributed by atoms with van der Waals surface area (Å²) in [5.74, 6) is -0.536. The van der Waals surface area contributed by atoms with Crippen LogP contribution in [-0.4, -0.2) is 32.1 Å². The highest BCUT2D eigenvalue weighted by molar-refractivity contribution is 7.89. The number of halogens is 1. The van der Waals surface area contributed by atoms with Gasteiger partial charge in [0.25, 0.3) is 0 Å². The SMILES string of the molecule is CC(C)(C)c1ccc(S(=O)(=O)N2CCC3=C(C2)[C@@H](CC=O)C2=CNN(c4ccc(F)cc4)C2=C3)cc1. The largest absolute Gasteiger partial charge is 0.303 e. The Morgan fingerprint density at radius 2 is 1.78 bits per heavy atom. The number of sulfonamides is 1. The molecular formula is C28H30FN3O3S. The molecule has 3 aliphatic rings. The average molecular weight is 508 g/mol. The number of rotatable bonds is 5. The predicted octanol–water partition coefficient (Wildman–Crippen LogP) is 4.83. The summed E-state index contributed by atoms with van der Waals surface area (Å²) in [6, 6.07) is 13.3. The number of nitrogens with zero attached hydrogens (tertiary/aromatic N) is 2. The number of hydrogen-bond acceptors (Lipinski definition) is 5. The van der Waals surface area contributed by atoms with Crippen molar-refractivity contribution in [2.24, 2.45) is 5.92 Å². The fourth-order valence-electron chi connectivity index (χ4n) is 5.11. The number of fused-ring (bicyclic) bond motifs is 1. The first-order chi connectivity index (χ1) is 17.1. The molecule has 1 aliphatic carbocycles. The van der Waals surface area contributed by atoms with Gasteiger partial charge in [0.1, 0.15) is 12.1 Å². The summed E-state index contributed by atoms with van der Waals surface area (Å²) in [7, 11) is -3.68. The molecule has 0 saturated carbocycles. The number of aldehydes is 1. The van der Waals surface area contributed by atoms with Crippen molar-refractivity contribution in [1.82, 2.24) is 9.73 Å². The van der Waals surface area contributed by atoms with Crippen molar-refractivity contribution < 1.29 is 17.6 Å². The molecule has 188 valence electrons. The van der Waals surface area contributed by atoms with Crippen molar-refractivity contribution in [1.29, 1.82) is 0 Å². The van der Waals surface area contributed by atoms with E-state index in [1.54, 1.807) is 24.3 Å². The van der Waals surface area contributed by atoms with Crippen molar-refractivity contribution in [3.63, 3.8) is 0 Å². The Kier molecular flexibility index (Phi) is 6.12. The van der Waals surface area contributed by atoms with E-state index in [1.807, 2.05) is 23.3 Å². The Morgan fingerprint density at radius 3 is 2.42 bits per heavy atom. The van der Waals surface area contributed by atoms with Crippen LogP contribution in [0.25, 0.3) is 0 Å². The smallest absolute Gasteiger partial charge is 0.243 e. The van der Waals surface area contributed by atoms with Crippen molar-refractivity contribution in [2.75, 3.05) is 18.1 Å². The number of allylic oxidation sites excluding steroid dienone is 2. The maximum atomic E-state index is 13.5. The molecule has 2 aromatic carbocycles. The van der Waals surface area contributed by atoms with Gasteiger partial charge < -0.3 is 10.2 Å². The van der Waals surface area contributed by atoms with Gasteiger partial charge in [-0.2, -0.15) is 4.31 Å². The normalized spacial score (nSPS) is 20.3. The highest BCUT2D eigenvalue weighted by Gasteiger charge is 2.39. The number of nitrogens with one attached hydrogen (secondary N) is 1. The molecule has 36 heavy (non-hydrogen) atoms. The lowest BCUT2D eigenvalue weighted by molar-refractivity contribution is -0.108. The maximum absolute atomic E-state index is 13.5. The maximum Gasteiger partial charge on any atom is 0.243 e. The Balaban J connectivity index is 1.46. The molecule has 6 nitrogen and oxygen atoms in total. The average Bonchev–Trinajstić information content (AvgIpc) is 3.27. The van der Waals surface area contributed by atoms with E-state index in [-0.39, 0.29) is 35.0 Å². The van der Waals surface area contributed by atoms with Crippen LogP contribution >= 0.6 is 0 Å². The molecule has 8 heteroatoms. The predicted molar refractivity (Wildman–Crippen MR) is 138 cm³/mol. The van der Waals surface area contributed by atoms with E-state index in [2.05, 4.69) is 32.3 Å². The molecule has 0 fully saturated rings. The minimum Gasteiger partial charge on any atom is -0.303 e. The summed E-state index contributed by atoms with van der Waals surface area (Å²) in [5, 5.41) is 1.87. The molecule has 2 aliphatic heterocycles. The first-order valence-corrected chi connectivity index (χ1v) is 13.5. The van der Waals surface area contributed by atoms with Crippen LogP contribution in [0.15, 0.2) is 88.1 Å². The van der Waals surface area contributed by atoms with E-state index in [1.165, 1.54) is 16.4 Å². The third-order valence-electron chi connectivity index (χ3n) is 7.16. The van der Waals surface area contributed by atoms with E-state index >= 15 is 0 Å². The Hall–Kier alpha value is -3.23. The molecular weight excluding hydrogens is 477 g/mol. The molecule has 0 saturated heterocycles. The second-order valence-electron chi connectivity index (χ2n) is 10.4. The lowest BCUT2D eigenvalue weighted by Gasteiger charge is -2.37. The monoisotopic (exact) mass is 507 g/mol. The molecule has 0 radical (unpaired) electrons. The standard InChI is InChI=1S/C28H30FN3O3S/c1-28(2,3)20-4-10-23(11-5-20)36(34,35)31-14-12-19-16-27-25(24(13-15-33)26(19)18-31)17-30-32(27)22-8-6-21(29)7-9-22/h4-11,15-17,24,30H,12-14,18H2,1-3H3/t24-/m0/s1. The lowest BCUT2D eigenvalue weighted by atomic mass is 9.78. The van der Waals surface area contributed by atoms with Gasteiger partial charge in [-0.1, -0.05) is 32.9 Å². The molecule has 1 atom stereocenters. The lowest BCUT2D eigenvalue weighted by Crippen LogP contribution is -2.40. The van der Waals surface area contributed by atoms with Gasteiger partial charge in [0.15, 0.2) is 0 Å². The fourth-order valence-corrected chi connectivity index (χ4v) is 6.53. The van der Waals surface area contributed by atoms with Crippen molar-refractivity contribution in [2.45, 2.75) is 43.9 Å². The zero-order valence-electron chi connectivity index (χ0n) is 20.7. The third-order valence-corrected chi connectivity index (χ3v) is 9.02. The molecule has 5 rings (SSSR count). The van der Waals surface area contributed by atoms with Crippen LogP contribution in [0, 0.1) is 11.7 Å². The number of carbonyl (C=O) groups excluding carboxylic acids is 1. The zero-order chi connectivity index (χ0) is 25.7. The minimum absolute atomic E-state index is 0.0633. The minimum atomic E-state index is -3.68. The van der Waals surface area contributed by atoms with Crippen LogP contribution in [0.4, 0.5) is 10.1 Å². The van der Waals surface area contributed by atoms with Gasteiger partial charge >= 0.3 is 0 Å². The van der Waals surface area contributed by atoms with E-state index in [9.17, 15) is 17.6 Å². The van der Waals surface area contributed by atoms with E-state index in [0.717, 1.165) is 40.0 Å². The molecule has 0 unspecified atom stereocenters. The summed E-state index contributed by atoms with van der Waals surface area (Å²) >= 11 is 0. The Morgan fingerprint density at radius 1 is 1.08 bits per heavy atom. The molecule has 1 N–H and O–H groups in total. The number of hydrogen-bond donors (Lipinski definition) is 1. The third kappa shape index (κ3) is 4.29. The summed E-state index contributed by atoms with van der Waals surface area (Å²) in [6.45, 7) is 6.89. The highest BCUT2D eigenvalue weighted by Crippen LogP contribution is 2.44.